The molecule has 1 fully saturated rings. The molecule has 0 saturated heterocycles. The van der Waals surface area contributed by atoms with E-state index in [1.54, 1.807) is 12.3 Å². The molecule has 0 aromatic carbocycles. The van der Waals surface area contributed by atoms with Crippen LogP contribution in [0.3, 0.4) is 0 Å². The second kappa shape index (κ2) is 10.0. The van der Waals surface area contributed by atoms with Gasteiger partial charge in [0, 0.05) is 31.3 Å². The van der Waals surface area contributed by atoms with Gasteiger partial charge in [0.15, 0.2) is 0 Å². The highest BCUT2D eigenvalue weighted by molar-refractivity contribution is 6.33. The molecular weight excluding hydrogens is 344 g/mol. The van der Waals surface area contributed by atoms with Crippen LogP contribution < -0.4 is 16.1 Å². The SMILES string of the molecule is O=C(C=Cc1cnc(NCCNC(=O)C2CCCCC2)c(Cl)c1)NO. The lowest BCUT2D eigenvalue weighted by atomic mass is 9.89. The van der Waals surface area contributed by atoms with Gasteiger partial charge in [0.05, 0.1) is 5.02 Å². The quantitative estimate of drug-likeness (QED) is 0.257. The van der Waals surface area contributed by atoms with Crippen LogP contribution in [0.4, 0.5) is 5.82 Å². The molecule has 25 heavy (non-hydrogen) atoms. The number of hydrogen-bond donors (Lipinski definition) is 4. The third-order valence-electron chi connectivity index (χ3n) is 4.09. The Kier molecular flexibility index (Phi) is 7.69. The molecule has 1 heterocycles. The number of halogens is 1. The van der Waals surface area contributed by atoms with Crippen LogP contribution in [0.15, 0.2) is 18.3 Å². The molecule has 2 amide bonds. The van der Waals surface area contributed by atoms with E-state index >= 15 is 0 Å². The first-order valence-corrected chi connectivity index (χ1v) is 8.77. The number of nitrogens with one attached hydrogen (secondary N) is 3. The molecule has 0 bridgehead atoms. The molecule has 1 saturated carbocycles. The van der Waals surface area contributed by atoms with Gasteiger partial charge in [-0.15, -0.1) is 0 Å². The summed E-state index contributed by atoms with van der Waals surface area (Å²) in [5.74, 6) is 0.158. The first-order chi connectivity index (χ1) is 12.1. The van der Waals surface area contributed by atoms with Gasteiger partial charge in [-0.1, -0.05) is 30.9 Å². The predicted molar refractivity (Wildman–Crippen MR) is 96.3 cm³/mol. The lowest BCUT2D eigenvalue weighted by molar-refractivity contribution is -0.126. The van der Waals surface area contributed by atoms with E-state index in [1.165, 1.54) is 24.1 Å². The number of nitrogens with zero attached hydrogens (tertiary/aromatic N) is 1. The minimum Gasteiger partial charge on any atom is -0.367 e. The number of anilines is 1. The Morgan fingerprint density at radius 2 is 2.04 bits per heavy atom. The third-order valence-corrected chi connectivity index (χ3v) is 4.38. The van der Waals surface area contributed by atoms with Crippen LogP contribution in [0, 0.1) is 5.92 Å². The molecule has 4 N–H and O–H groups in total. The zero-order valence-electron chi connectivity index (χ0n) is 13.9. The van der Waals surface area contributed by atoms with Gasteiger partial charge in [0.2, 0.25) is 5.91 Å². The fourth-order valence-corrected chi connectivity index (χ4v) is 3.00. The fourth-order valence-electron chi connectivity index (χ4n) is 2.76. The van der Waals surface area contributed by atoms with Crippen molar-refractivity contribution in [1.82, 2.24) is 15.8 Å². The third kappa shape index (κ3) is 6.36. The Bertz CT molecular complexity index is 630. The van der Waals surface area contributed by atoms with E-state index in [-0.39, 0.29) is 11.8 Å². The molecule has 1 aromatic heterocycles. The Hall–Kier alpha value is -2.12. The summed E-state index contributed by atoms with van der Waals surface area (Å²) in [4.78, 5) is 27.2. The molecule has 0 spiro atoms. The van der Waals surface area contributed by atoms with Crippen LogP contribution in [0.5, 0.6) is 0 Å². The molecule has 1 aromatic rings. The molecule has 1 aliphatic rings. The minimum absolute atomic E-state index is 0.128. The molecule has 0 atom stereocenters. The van der Waals surface area contributed by atoms with Crippen molar-refractivity contribution in [3.8, 4) is 0 Å². The van der Waals surface area contributed by atoms with E-state index in [0.717, 1.165) is 25.7 Å². The molecular formula is C17H23ClN4O3. The van der Waals surface area contributed by atoms with E-state index in [4.69, 9.17) is 16.8 Å². The Balaban J connectivity index is 1.76. The summed E-state index contributed by atoms with van der Waals surface area (Å²) in [6.07, 6.45) is 9.67. The summed E-state index contributed by atoms with van der Waals surface area (Å²) in [5.41, 5.74) is 2.13. The molecule has 0 aliphatic heterocycles. The van der Waals surface area contributed by atoms with E-state index in [1.807, 2.05) is 0 Å². The number of carbonyl (C=O) groups is 2. The van der Waals surface area contributed by atoms with E-state index in [0.29, 0.717) is 29.5 Å². The second-order valence-electron chi connectivity index (χ2n) is 5.96. The van der Waals surface area contributed by atoms with Crippen molar-refractivity contribution in [3.63, 3.8) is 0 Å². The zero-order chi connectivity index (χ0) is 18.1. The monoisotopic (exact) mass is 366 g/mol. The maximum Gasteiger partial charge on any atom is 0.267 e. The largest absolute Gasteiger partial charge is 0.367 e. The summed E-state index contributed by atoms with van der Waals surface area (Å²) in [7, 11) is 0. The van der Waals surface area contributed by atoms with Gasteiger partial charge >= 0.3 is 0 Å². The lowest BCUT2D eigenvalue weighted by Gasteiger charge is -2.20. The van der Waals surface area contributed by atoms with Gasteiger partial charge < -0.3 is 10.6 Å². The van der Waals surface area contributed by atoms with Gasteiger partial charge in [-0.25, -0.2) is 10.5 Å². The van der Waals surface area contributed by atoms with Gasteiger partial charge in [0.1, 0.15) is 5.82 Å². The number of hydrogen-bond acceptors (Lipinski definition) is 5. The number of aromatic nitrogens is 1. The molecule has 8 heteroatoms. The molecule has 7 nitrogen and oxygen atoms in total. The van der Waals surface area contributed by atoms with Crippen molar-refractivity contribution in [3.05, 3.63) is 28.9 Å². The summed E-state index contributed by atoms with van der Waals surface area (Å²) in [6.45, 7) is 1.03. The maximum atomic E-state index is 12.0. The number of carbonyl (C=O) groups excluding carboxylic acids is 2. The average Bonchev–Trinajstić information content (AvgIpc) is 2.65. The molecule has 0 radical (unpaired) electrons. The highest BCUT2D eigenvalue weighted by Crippen LogP contribution is 2.23. The normalized spacial score (nSPS) is 15.1. The van der Waals surface area contributed by atoms with Crippen LogP contribution in [-0.2, 0) is 9.59 Å². The fraction of sp³-hybridized carbons (Fsp3) is 0.471. The predicted octanol–water partition coefficient (Wildman–Crippen LogP) is 2.36. The summed E-state index contributed by atoms with van der Waals surface area (Å²) >= 11 is 6.15. The maximum absolute atomic E-state index is 12.0. The van der Waals surface area contributed by atoms with Crippen LogP contribution in [0.2, 0.25) is 5.02 Å². The topological polar surface area (TPSA) is 103 Å². The van der Waals surface area contributed by atoms with E-state index in [2.05, 4.69) is 15.6 Å². The van der Waals surface area contributed by atoms with Crippen molar-refractivity contribution < 1.29 is 14.8 Å². The number of rotatable bonds is 7. The van der Waals surface area contributed by atoms with Crippen LogP contribution in [0.1, 0.15) is 37.7 Å². The van der Waals surface area contributed by atoms with Crippen LogP contribution >= 0.6 is 11.6 Å². The average molecular weight is 367 g/mol. The standard InChI is InChI=1S/C17H23ClN4O3/c18-14-10-12(6-7-15(23)22-25)11-21-16(14)19-8-9-20-17(24)13-4-2-1-3-5-13/h6-7,10-11,13,25H,1-5,8-9H2,(H,19,21)(H,20,24)(H,22,23). The smallest absolute Gasteiger partial charge is 0.267 e. The van der Waals surface area contributed by atoms with Crippen molar-refractivity contribution >= 4 is 35.3 Å². The lowest BCUT2D eigenvalue weighted by Crippen LogP contribution is -2.35. The van der Waals surface area contributed by atoms with Crippen LogP contribution in [0.25, 0.3) is 6.08 Å². The Morgan fingerprint density at radius 3 is 2.72 bits per heavy atom. The van der Waals surface area contributed by atoms with Crippen molar-refractivity contribution in [2.75, 3.05) is 18.4 Å². The Morgan fingerprint density at radius 1 is 1.28 bits per heavy atom. The van der Waals surface area contributed by atoms with Gasteiger partial charge in [-0.05, 0) is 30.5 Å². The highest BCUT2D eigenvalue weighted by atomic mass is 35.5. The zero-order valence-corrected chi connectivity index (χ0v) is 14.7. The van der Waals surface area contributed by atoms with Gasteiger partial charge in [0.25, 0.3) is 5.91 Å². The highest BCUT2D eigenvalue weighted by Gasteiger charge is 2.20. The van der Waals surface area contributed by atoms with Crippen molar-refractivity contribution in [2.45, 2.75) is 32.1 Å². The van der Waals surface area contributed by atoms with Crippen LogP contribution in [-0.4, -0.2) is 35.1 Å². The summed E-state index contributed by atoms with van der Waals surface area (Å²) < 4.78 is 0. The molecule has 2 rings (SSSR count). The van der Waals surface area contributed by atoms with Crippen molar-refractivity contribution in [1.29, 1.82) is 0 Å². The summed E-state index contributed by atoms with van der Waals surface area (Å²) in [5, 5.41) is 14.8. The molecule has 1 aliphatic carbocycles. The minimum atomic E-state index is -0.632. The first kappa shape index (κ1) is 19.2. The first-order valence-electron chi connectivity index (χ1n) is 8.39. The van der Waals surface area contributed by atoms with Gasteiger partial charge in [-0.2, -0.15) is 0 Å². The summed E-state index contributed by atoms with van der Waals surface area (Å²) in [6, 6.07) is 1.65. The number of pyridine rings is 1. The number of hydroxylamine groups is 1. The number of amides is 2. The van der Waals surface area contributed by atoms with Gasteiger partial charge in [-0.3, -0.25) is 14.8 Å². The second-order valence-corrected chi connectivity index (χ2v) is 6.37. The van der Waals surface area contributed by atoms with Crippen molar-refractivity contribution in [2.24, 2.45) is 5.92 Å². The molecule has 136 valence electrons. The van der Waals surface area contributed by atoms with E-state index < -0.39 is 5.91 Å². The van der Waals surface area contributed by atoms with E-state index in [9.17, 15) is 9.59 Å². The molecule has 0 unspecified atom stereocenters. The Labute approximate surface area is 151 Å².